The summed E-state index contributed by atoms with van der Waals surface area (Å²) in [5.74, 6) is 1.79. The maximum Gasteiger partial charge on any atom is 0.132 e. The molecule has 0 fully saturated rings. The Balaban J connectivity index is 1.09. The topological polar surface area (TPSA) is 19.1 Å². The standard InChI is InChI=1S/C61H38N2O/c1-3-17-39(18-4-1)41-33-35-43-44-36-34-42(40-19-5-2-6-20-40)38-56(44)63(55(43)37-41)54-30-16-29-53-60(54)46-22-8-12-27-51(46)62(53)52-28-15-26-50-59(52)45-21-7-9-23-47(45)61(50)48-24-10-13-31-57(48)64-58-32-14-11-25-49(58)61/h1-38H. The Morgan fingerprint density at radius 1 is 0.312 bits per heavy atom. The minimum atomic E-state index is -0.562. The molecule has 1 spiro atoms. The summed E-state index contributed by atoms with van der Waals surface area (Å²) in [5.41, 5.74) is 18.6. The van der Waals surface area contributed by atoms with E-state index in [1.807, 2.05) is 0 Å². The van der Waals surface area contributed by atoms with Gasteiger partial charge in [-0.05, 0) is 87.5 Å². The van der Waals surface area contributed by atoms with E-state index in [-0.39, 0.29) is 0 Å². The Hall–Kier alpha value is -8.40. The van der Waals surface area contributed by atoms with E-state index in [9.17, 15) is 0 Å². The maximum absolute atomic E-state index is 6.68. The summed E-state index contributed by atoms with van der Waals surface area (Å²) in [6.45, 7) is 0. The van der Waals surface area contributed by atoms with Gasteiger partial charge in [-0.3, -0.25) is 0 Å². The molecule has 0 bridgehead atoms. The summed E-state index contributed by atoms with van der Waals surface area (Å²) < 4.78 is 11.7. The van der Waals surface area contributed by atoms with Gasteiger partial charge in [0.25, 0.3) is 0 Å². The molecule has 0 saturated carbocycles. The van der Waals surface area contributed by atoms with Crippen LogP contribution in [0.25, 0.3) is 88.4 Å². The summed E-state index contributed by atoms with van der Waals surface area (Å²) in [5, 5.41) is 4.89. The number of ether oxygens (including phenoxy) is 1. The van der Waals surface area contributed by atoms with Gasteiger partial charge in [0.05, 0.1) is 38.9 Å². The van der Waals surface area contributed by atoms with Crippen molar-refractivity contribution in [3.05, 3.63) is 253 Å². The molecule has 14 rings (SSSR count). The Morgan fingerprint density at radius 2 is 0.812 bits per heavy atom. The quantitative estimate of drug-likeness (QED) is 0.173. The van der Waals surface area contributed by atoms with Crippen LogP contribution in [0.3, 0.4) is 0 Å². The smallest absolute Gasteiger partial charge is 0.132 e. The number of benzene rings is 10. The number of fused-ring (bicyclic) bond motifs is 15. The van der Waals surface area contributed by atoms with Gasteiger partial charge in [-0.15, -0.1) is 0 Å². The molecule has 0 N–H and O–H groups in total. The molecule has 1 aliphatic carbocycles. The molecule has 0 saturated heterocycles. The summed E-state index contributed by atoms with van der Waals surface area (Å²) in [6.07, 6.45) is 0. The van der Waals surface area contributed by atoms with Crippen LogP contribution < -0.4 is 4.74 Å². The van der Waals surface area contributed by atoms with Gasteiger partial charge < -0.3 is 13.9 Å². The minimum Gasteiger partial charge on any atom is -0.457 e. The number of rotatable bonds is 4. The third-order valence-electron chi connectivity index (χ3n) is 14.0. The van der Waals surface area contributed by atoms with E-state index in [0.717, 1.165) is 39.5 Å². The molecule has 0 unspecified atom stereocenters. The van der Waals surface area contributed by atoms with Crippen molar-refractivity contribution in [2.45, 2.75) is 5.41 Å². The highest BCUT2D eigenvalue weighted by Crippen LogP contribution is 2.63. The predicted octanol–water partition coefficient (Wildman–Crippen LogP) is 15.7. The third-order valence-corrected chi connectivity index (χ3v) is 14.0. The number of hydrogen-bond donors (Lipinski definition) is 0. The van der Waals surface area contributed by atoms with E-state index in [2.05, 4.69) is 240 Å². The molecule has 3 nitrogen and oxygen atoms in total. The zero-order valence-electron chi connectivity index (χ0n) is 34.7. The minimum absolute atomic E-state index is 0.562. The van der Waals surface area contributed by atoms with Crippen molar-refractivity contribution in [1.82, 2.24) is 9.13 Å². The average molecular weight is 815 g/mol. The average Bonchev–Trinajstić information content (AvgIpc) is 3.99. The van der Waals surface area contributed by atoms with Crippen LogP contribution in [-0.2, 0) is 5.41 Å². The number of nitrogens with zero attached hydrogens (tertiary/aromatic N) is 2. The van der Waals surface area contributed by atoms with Gasteiger partial charge in [0.15, 0.2) is 0 Å². The molecule has 2 aromatic heterocycles. The Labute approximate surface area is 370 Å². The van der Waals surface area contributed by atoms with E-state index < -0.39 is 5.41 Å². The van der Waals surface area contributed by atoms with Gasteiger partial charge in [0.2, 0.25) is 0 Å². The highest BCUT2D eigenvalue weighted by Gasteiger charge is 2.51. The van der Waals surface area contributed by atoms with Gasteiger partial charge in [-0.2, -0.15) is 0 Å². The van der Waals surface area contributed by atoms with Gasteiger partial charge in [-0.25, -0.2) is 0 Å². The monoisotopic (exact) mass is 814 g/mol. The highest BCUT2D eigenvalue weighted by molar-refractivity contribution is 6.17. The molecule has 2 aliphatic rings. The van der Waals surface area contributed by atoms with Crippen LogP contribution >= 0.6 is 0 Å². The Morgan fingerprint density at radius 3 is 1.48 bits per heavy atom. The van der Waals surface area contributed by atoms with Crippen LogP contribution in [0, 0.1) is 0 Å². The highest BCUT2D eigenvalue weighted by atomic mass is 16.5. The summed E-state index contributed by atoms with van der Waals surface area (Å²) in [4.78, 5) is 0. The first-order chi connectivity index (χ1) is 31.8. The van der Waals surface area contributed by atoms with Gasteiger partial charge >= 0.3 is 0 Å². The van der Waals surface area contributed by atoms with Crippen molar-refractivity contribution >= 4 is 43.6 Å². The van der Waals surface area contributed by atoms with Gasteiger partial charge in [-0.1, -0.05) is 182 Å². The second-order valence-electron chi connectivity index (χ2n) is 17.1. The van der Waals surface area contributed by atoms with Crippen LogP contribution in [0.5, 0.6) is 11.5 Å². The molecule has 298 valence electrons. The fourth-order valence-corrected chi connectivity index (χ4v) is 11.4. The third kappa shape index (κ3) is 4.70. The second kappa shape index (κ2) is 13.3. The van der Waals surface area contributed by atoms with E-state index in [4.69, 9.17) is 4.74 Å². The second-order valence-corrected chi connectivity index (χ2v) is 17.1. The largest absolute Gasteiger partial charge is 0.457 e. The SMILES string of the molecule is c1ccc(-c2ccc3c4ccc(-c5ccccc5)cc4n(-c4cccc5c4c4ccccc4n5-c4cccc5c4-c4ccccc4C54c5ccccc5Oc5ccccc54)c3c2)cc1. The zero-order chi connectivity index (χ0) is 41.9. The van der Waals surface area contributed by atoms with E-state index in [1.165, 1.54) is 82.6 Å². The lowest BCUT2D eigenvalue weighted by Crippen LogP contribution is -2.32. The first-order valence-corrected chi connectivity index (χ1v) is 22.1. The zero-order valence-corrected chi connectivity index (χ0v) is 34.7. The lowest BCUT2D eigenvalue weighted by molar-refractivity contribution is 0.436. The van der Waals surface area contributed by atoms with Crippen LogP contribution in [0.15, 0.2) is 231 Å². The lowest BCUT2D eigenvalue weighted by Gasteiger charge is -2.39. The van der Waals surface area contributed by atoms with Gasteiger partial charge in [0.1, 0.15) is 11.5 Å². The van der Waals surface area contributed by atoms with Crippen molar-refractivity contribution in [3.63, 3.8) is 0 Å². The number of hydrogen-bond acceptors (Lipinski definition) is 1. The summed E-state index contributed by atoms with van der Waals surface area (Å²) in [7, 11) is 0. The first kappa shape index (κ1) is 35.2. The van der Waals surface area contributed by atoms with Crippen LogP contribution in [-0.4, -0.2) is 9.13 Å². The number of aromatic nitrogens is 2. The van der Waals surface area contributed by atoms with Gasteiger partial charge in [0, 0.05) is 38.2 Å². The molecule has 3 heteroatoms. The summed E-state index contributed by atoms with van der Waals surface area (Å²) in [6, 6.07) is 84.4. The molecule has 0 radical (unpaired) electrons. The van der Waals surface area contributed by atoms with Crippen molar-refractivity contribution in [3.8, 4) is 56.3 Å². The molecule has 3 heterocycles. The molecular formula is C61H38N2O. The molecular weight excluding hydrogens is 777 g/mol. The molecule has 12 aromatic rings. The normalized spacial score (nSPS) is 13.2. The van der Waals surface area contributed by atoms with Crippen LogP contribution in [0.4, 0.5) is 0 Å². The molecule has 10 aromatic carbocycles. The fourth-order valence-electron chi connectivity index (χ4n) is 11.4. The molecule has 0 atom stereocenters. The van der Waals surface area contributed by atoms with E-state index in [1.54, 1.807) is 0 Å². The van der Waals surface area contributed by atoms with Crippen molar-refractivity contribution in [2.24, 2.45) is 0 Å². The molecule has 64 heavy (non-hydrogen) atoms. The maximum atomic E-state index is 6.68. The first-order valence-electron chi connectivity index (χ1n) is 22.1. The molecule has 0 amide bonds. The lowest BCUT2D eigenvalue weighted by atomic mass is 9.66. The number of para-hydroxylation sites is 3. The predicted molar refractivity (Wildman–Crippen MR) is 263 cm³/mol. The van der Waals surface area contributed by atoms with Crippen LogP contribution in [0.1, 0.15) is 22.3 Å². The fraction of sp³-hybridized carbons (Fsp3) is 0.0164. The van der Waals surface area contributed by atoms with E-state index in [0.29, 0.717) is 0 Å². The Kier molecular flexibility index (Phi) is 7.32. The molecule has 1 aliphatic heterocycles. The van der Waals surface area contributed by atoms with Crippen molar-refractivity contribution < 1.29 is 4.74 Å². The van der Waals surface area contributed by atoms with Crippen LogP contribution in [0.2, 0.25) is 0 Å². The van der Waals surface area contributed by atoms with Crippen molar-refractivity contribution in [2.75, 3.05) is 0 Å². The van der Waals surface area contributed by atoms with Crippen molar-refractivity contribution in [1.29, 1.82) is 0 Å². The Bertz CT molecular complexity index is 3730. The summed E-state index contributed by atoms with van der Waals surface area (Å²) >= 11 is 0. The van der Waals surface area contributed by atoms with E-state index >= 15 is 0 Å².